The van der Waals surface area contributed by atoms with Crippen LogP contribution in [0.25, 0.3) is 6.08 Å². The van der Waals surface area contributed by atoms with Gasteiger partial charge in [0.25, 0.3) is 0 Å². The highest BCUT2D eigenvalue weighted by molar-refractivity contribution is 9.10. The number of benzene rings is 1. The summed E-state index contributed by atoms with van der Waals surface area (Å²) in [5.74, 6) is 0.557. The predicted octanol–water partition coefficient (Wildman–Crippen LogP) is 4.84. The number of methoxy groups -OCH3 is 1. The van der Waals surface area contributed by atoms with Gasteiger partial charge in [-0.05, 0) is 53.5 Å². The fourth-order valence-corrected chi connectivity index (χ4v) is 3.01. The van der Waals surface area contributed by atoms with E-state index in [1.54, 1.807) is 34.0 Å². The van der Waals surface area contributed by atoms with E-state index in [4.69, 9.17) is 4.74 Å². The molecule has 0 atom stereocenters. The third-order valence-electron chi connectivity index (χ3n) is 4.28. The van der Waals surface area contributed by atoms with Gasteiger partial charge in [-0.3, -0.25) is 9.48 Å². The largest absolute Gasteiger partial charge is 0.496 e. The molecule has 0 aliphatic carbocycles. The zero-order chi connectivity index (χ0) is 20.4. The van der Waals surface area contributed by atoms with Crippen LogP contribution in [0.1, 0.15) is 43.3 Å². The minimum Gasteiger partial charge on any atom is -0.496 e. The molecular weight excluding hydrogens is 406 g/mol. The van der Waals surface area contributed by atoms with E-state index in [1.165, 1.54) is 0 Å². The Kier molecular flexibility index (Phi) is 6.27. The van der Waals surface area contributed by atoms with Gasteiger partial charge in [0.2, 0.25) is 0 Å². The van der Waals surface area contributed by atoms with Crippen molar-refractivity contribution < 1.29 is 9.53 Å². The molecule has 0 N–H and O–H groups in total. The quantitative estimate of drug-likeness (QED) is 0.503. The molecule has 0 saturated carbocycles. The van der Waals surface area contributed by atoms with Crippen LogP contribution >= 0.6 is 15.9 Å². The second-order valence-electron chi connectivity index (χ2n) is 7.46. The average molecular weight is 430 g/mol. The van der Waals surface area contributed by atoms with Gasteiger partial charge >= 0.3 is 0 Å². The third kappa shape index (κ3) is 4.67. The molecule has 2 rings (SSSR count). The highest BCUT2D eigenvalue weighted by Crippen LogP contribution is 2.27. The molecule has 1 aromatic heterocycles. The van der Waals surface area contributed by atoms with Crippen LogP contribution in [0.3, 0.4) is 0 Å². The molecule has 0 unspecified atom stereocenters. The number of aryl methyl sites for hydroxylation is 1. The maximum Gasteiger partial charge on any atom is 0.178 e. The summed E-state index contributed by atoms with van der Waals surface area (Å²) < 4.78 is 8.36. The van der Waals surface area contributed by atoms with Crippen molar-refractivity contribution in [3.05, 3.63) is 50.8 Å². The molecule has 2 aromatic rings. The zero-order valence-electron chi connectivity index (χ0n) is 16.6. The smallest absolute Gasteiger partial charge is 0.178 e. The number of Topliss-reactive ketones (excluding diaryl/α,β-unsaturated/α-hetero) is 1. The molecule has 1 heterocycles. The van der Waals surface area contributed by atoms with E-state index >= 15 is 0 Å². The lowest BCUT2D eigenvalue weighted by molar-refractivity contribution is -0.121. The van der Waals surface area contributed by atoms with Crippen molar-refractivity contribution in [1.82, 2.24) is 9.78 Å². The molecule has 0 fully saturated rings. The minimum absolute atomic E-state index is 0.146. The predicted molar refractivity (Wildman–Crippen MR) is 110 cm³/mol. The van der Waals surface area contributed by atoms with Crippen LogP contribution in [0, 0.1) is 30.6 Å². The van der Waals surface area contributed by atoms with Gasteiger partial charge in [0.1, 0.15) is 11.8 Å². The summed E-state index contributed by atoms with van der Waals surface area (Å²) in [5.41, 5.74) is 3.19. The maximum absolute atomic E-state index is 12.4. The van der Waals surface area contributed by atoms with Gasteiger partial charge in [-0.2, -0.15) is 10.4 Å². The molecule has 5 nitrogen and oxygen atoms in total. The topological polar surface area (TPSA) is 67.9 Å². The molecule has 0 saturated heterocycles. The Morgan fingerprint density at radius 3 is 2.52 bits per heavy atom. The Hall–Kier alpha value is -2.39. The number of ether oxygens (including phenoxy) is 1. The lowest BCUT2D eigenvalue weighted by atomic mass is 9.86. The summed E-state index contributed by atoms with van der Waals surface area (Å²) in [7, 11) is 1.62. The first-order chi connectivity index (χ1) is 12.6. The summed E-state index contributed by atoms with van der Waals surface area (Å²) in [4.78, 5) is 12.4. The van der Waals surface area contributed by atoms with E-state index in [1.807, 2.05) is 42.8 Å². The van der Waals surface area contributed by atoms with Gasteiger partial charge in [0, 0.05) is 11.0 Å². The second kappa shape index (κ2) is 8.10. The Bertz CT molecular complexity index is 944. The van der Waals surface area contributed by atoms with Crippen LogP contribution < -0.4 is 4.74 Å². The number of aromatic nitrogens is 2. The van der Waals surface area contributed by atoms with Crippen molar-refractivity contribution in [2.24, 2.45) is 5.41 Å². The van der Waals surface area contributed by atoms with Crippen molar-refractivity contribution in [3.63, 3.8) is 0 Å². The van der Waals surface area contributed by atoms with E-state index < -0.39 is 5.41 Å². The zero-order valence-corrected chi connectivity index (χ0v) is 18.1. The van der Waals surface area contributed by atoms with Crippen LogP contribution in [0.5, 0.6) is 5.75 Å². The Balaban J connectivity index is 2.46. The first-order valence-corrected chi connectivity index (χ1v) is 9.40. The highest BCUT2D eigenvalue weighted by Gasteiger charge is 2.25. The van der Waals surface area contributed by atoms with E-state index in [0.29, 0.717) is 6.54 Å². The minimum atomic E-state index is -0.604. The first-order valence-electron chi connectivity index (χ1n) is 8.61. The molecule has 0 amide bonds. The standard InChI is InChI=1S/C21H24BrN3O2/c1-13-19(22)14(2)25(24-13)12-17-10-15(7-8-18(17)27-6)9-16(11-23)20(26)21(3,4)5/h7-10H,12H2,1-6H3. The molecule has 0 aliphatic rings. The number of ketones is 1. The molecule has 0 spiro atoms. The lowest BCUT2D eigenvalue weighted by Crippen LogP contribution is -2.21. The number of allylic oxidation sites excluding steroid dienone is 1. The molecule has 1 aromatic carbocycles. The first kappa shape index (κ1) is 20.9. The number of hydrogen-bond donors (Lipinski definition) is 0. The summed E-state index contributed by atoms with van der Waals surface area (Å²) in [6.45, 7) is 9.89. The van der Waals surface area contributed by atoms with Gasteiger partial charge in [-0.1, -0.05) is 26.8 Å². The van der Waals surface area contributed by atoms with Gasteiger partial charge < -0.3 is 4.74 Å². The summed E-state index contributed by atoms with van der Waals surface area (Å²) >= 11 is 3.54. The monoisotopic (exact) mass is 429 g/mol. The summed E-state index contributed by atoms with van der Waals surface area (Å²) in [6, 6.07) is 7.64. The van der Waals surface area contributed by atoms with Crippen molar-refractivity contribution in [2.45, 2.75) is 41.2 Å². The normalized spacial score (nSPS) is 12.0. The van der Waals surface area contributed by atoms with Crippen LogP contribution in [-0.2, 0) is 11.3 Å². The Morgan fingerprint density at radius 2 is 2.04 bits per heavy atom. The Morgan fingerprint density at radius 1 is 1.37 bits per heavy atom. The number of carbonyl (C=O) groups is 1. The molecule has 142 valence electrons. The van der Waals surface area contributed by atoms with Crippen LogP contribution in [-0.4, -0.2) is 22.7 Å². The third-order valence-corrected chi connectivity index (χ3v) is 5.42. The van der Waals surface area contributed by atoms with E-state index in [-0.39, 0.29) is 11.4 Å². The van der Waals surface area contributed by atoms with Crippen molar-refractivity contribution in [3.8, 4) is 11.8 Å². The van der Waals surface area contributed by atoms with Gasteiger partial charge in [-0.15, -0.1) is 0 Å². The van der Waals surface area contributed by atoms with Crippen molar-refractivity contribution >= 4 is 27.8 Å². The number of nitriles is 1. The van der Waals surface area contributed by atoms with Crippen molar-refractivity contribution in [2.75, 3.05) is 7.11 Å². The Labute approximate surface area is 168 Å². The van der Waals surface area contributed by atoms with Gasteiger partial charge in [0.15, 0.2) is 5.78 Å². The fourth-order valence-electron chi connectivity index (χ4n) is 2.72. The summed E-state index contributed by atoms with van der Waals surface area (Å²) in [6.07, 6.45) is 1.63. The number of halogens is 1. The molecule has 0 radical (unpaired) electrons. The maximum atomic E-state index is 12.4. The lowest BCUT2D eigenvalue weighted by Gasteiger charge is -2.16. The van der Waals surface area contributed by atoms with E-state index in [9.17, 15) is 10.1 Å². The van der Waals surface area contributed by atoms with E-state index in [2.05, 4.69) is 21.0 Å². The molecular formula is C21H24BrN3O2. The van der Waals surface area contributed by atoms with Gasteiger partial charge in [-0.25, -0.2) is 0 Å². The molecule has 6 heteroatoms. The number of rotatable bonds is 5. The van der Waals surface area contributed by atoms with Crippen LogP contribution in [0.2, 0.25) is 0 Å². The molecule has 0 aliphatic heterocycles. The second-order valence-corrected chi connectivity index (χ2v) is 8.26. The SMILES string of the molecule is COc1ccc(C=C(C#N)C(=O)C(C)(C)C)cc1Cn1nc(C)c(Br)c1C. The number of nitrogens with zero attached hydrogens (tertiary/aromatic N) is 3. The number of carbonyl (C=O) groups excluding carboxylic acids is 1. The molecule has 27 heavy (non-hydrogen) atoms. The number of hydrogen-bond acceptors (Lipinski definition) is 4. The molecule has 0 bridgehead atoms. The average Bonchev–Trinajstić information content (AvgIpc) is 2.85. The van der Waals surface area contributed by atoms with E-state index in [0.717, 1.165) is 32.7 Å². The van der Waals surface area contributed by atoms with Gasteiger partial charge in [0.05, 0.1) is 35.1 Å². The fraction of sp³-hybridized carbons (Fsp3) is 0.381. The van der Waals surface area contributed by atoms with Crippen molar-refractivity contribution in [1.29, 1.82) is 5.26 Å². The van der Waals surface area contributed by atoms with Crippen LogP contribution in [0.4, 0.5) is 0 Å². The van der Waals surface area contributed by atoms with Crippen LogP contribution in [0.15, 0.2) is 28.2 Å². The highest BCUT2D eigenvalue weighted by atomic mass is 79.9. The summed E-state index contributed by atoms with van der Waals surface area (Å²) in [5, 5.41) is 14.0.